The van der Waals surface area contributed by atoms with E-state index in [1.54, 1.807) is 43.3 Å². The van der Waals surface area contributed by atoms with E-state index >= 15 is 0 Å². The second-order valence-electron chi connectivity index (χ2n) is 5.13. The largest absolute Gasteiger partial charge is 0.323 e. The lowest BCUT2D eigenvalue weighted by Crippen LogP contribution is -2.19. The van der Waals surface area contributed by atoms with Crippen molar-refractivity contribution in [3.05, 3.63) is 53.1 Å². The van der Waals surface area contributed by atoms with Crippen molar-refractivity contribution >= 4 is 44.7 Å². The first-order valence-corrected chi connectivity index (χ1v) is 9.27. The van der Waals surface area contributed by atoms with Crippen molar-refractivity contribution in [3.63, 3.8) is 0 Å². The topological polar surface area (TPSA) is 87.3 Å². The minimum absolute atomic E-state index is 0.00544. The molecule has 0 aromatic heterocycles. The van der Waals surface area contributed by atoms with Gasteiger partial charge in [-0.25, -0.2) is 13.2 Å². The van der Waals surface area contributed by atoms with Gasteiger partial charge in [-0.1, -0.05) is 17.7 Å². The van der Waals surface area contributed by atoms with Gasteiger partial charge in [0.1, 0.15) is 0 Å². The Morgan fingerprint density at radius 2 is 1.54 bits per heavy atom. The number of hydrogen-bond donors (Lipinski definition) is 3. The molecule has 0 unspecified atom stereocenters. The number of benzene rings is 2. The number of aryl methyl sites for hydroxylation is 1. The standard InChI is InChI=1S/C16H18ClN3O3S/c1-3-24(22,23)20-13-8-6-12(7-9-13)18-16(21)19-14-5-4-11(2)15(17)10-14/h4-10,20H,3H2,1-2H3,(H2,18,19,21). The smallest absolute Gasteiger partial charge is 0.308 e. The molecular formula is C16H18ClN3O3S. The second kappa shape index (κ2) is 7.55. The predicted molar refractivity (Wildman–Crippen MR) is 98.4 cm³/mol. The van der Waals surface area contributed by atoms with Crippen LogP contribution in [0.3, 0.4) is 0 Å². The molecule has 0 aliphatic rings. The first kappa shape index (κ1) is 18.1. The van der Waals surface area contributed by atoms with E-state index in [9.17, 15) is 13.2 Å². The summed E-state index contributed by atoms with van der Waals surface area (Å²) in [5.74, 6) is -0.00544. The molecule has 3 N–H and O–H groups in total. The van der Waals surface area contributed by atoms with E-state index in [4.69, 9.17) is 11.6 Å². The summed E-state index contributed by atoms with van der Waals surface area (Å²) < 4.78 is 25.4. The van der Waals surface area contributed by atoms with Crippen LogP contribution < -0.4 is 15.4 Å². The maximum Gasteiger partial charge on any atom is 0.323 e. The maximum absolute atomic E-state index is 12.0. The summed E-state index contributed by atoms with van der Waals surface area (Å²) in [6.45, 7) is 3.43. The monoisotopic (exact) mass is 367 g/mol. The molecule has 0 radical (unpaired) electrons. The minimum atomic E-state index is -3.32. The molecule has 0 atom stereocenters. The summed E-state index contributed by atoms with van der Waals surface area (Å²) in [7, 11) is -3.32. The summed E-state index contributed by atoms with van der Waals surface area (Å²) in [6.07, 6.45) is 0. The zero-order valence-corrected chi connectivity index (χ0v) is 14.8. The molecule has 0 aliphatic heterocycles. The highest BCUT2D eigenvalue weighted by Crippen LogP contribution is 2.20. The second-order valence-corrected chi connectivity index (χ2v) is 7.54. The van der Waals surface area contributed by atoms with E-state index in [0.717, 1.165) is 5.56 Å². The highest BCUT2D eigenvalue weighted by Gasteiger charge is 2.07. The Balaban J connectivity index is 1.98. The molecule has 0 bridgehead atoms. The molecular weight excluding hydrogens is 350 g/mol. The van der Waals surface area contributed by atoms with Crippen LogP contribution in [0.25, 0.3) is 0 Å². The fraction of sp³-hybridized carbons (Fsp3) is 0.188. The van der Waals surface area contributed by atoms with E-state index in [0.29, 0.717) is 22.1 Å². The molecule has 0 heterocycles. The Bertz CT molecular complexity index is 836. The van der Waals surface area contributed by atoms with E-state index in [1.807, 2.05) is 13.0 Å². The van der Waals surface area contributed by atoms with Gasteiger partial charge in [0.25, 0.3) is 0 Å². The third-order valence-electron chi connectivity index (χ3n) is 3.23. The molecule has 0 spiro atoms. The van der Waals surface area contributed by atoms with Crippen molar-refractivity contribution in [2.45, 2.75) is 13.8 Å². The van der Waals surface area contributed by atoms with Crippen molar-refractivity contribution in [3.8, 4) is 0 Å². The Morgan fingerprint density at radius 1 is 1.00 bits per heavy atom. The minimum Gasteiger partial charge on any atom is -0.308 e. The molecule has 8 heteroatoms. The van der Waals surface area contributed by atoms with E-state index in [1.165, 1.54) is 0 Å². The third-order valence-corrected chi connectivity index (χ3v) is 4.94. The summed E-state index contributed by atoms with van der Waals surface area (Å²) in [6, 6.07) is 11.2. The zero-order valence-electron chi connectivity index (χ0n) is 13.3. The number of rotatable bonds is 5. The highest BCUT2D eigenvalue weighted by molar-refractivity contribution is 7.92. The number of halogens is 1. The molecule has 0 fully saturated rings. The van der Waals surface area contributed by atoms with E-state index in [2.05, 4.69) is 15.4 Å². The quantitative estimate of drug-likeness (QED) is 0.744. The fourth-order valence-electron chi connectivity index (χ4n) is 1.84. The number of amides is 2. The summed E-state index contributed by atoms with van der Waals surface area (Å²) in [5.41, 5.74) is 2.47. The Kier molecular flexibility index (Phi) is 5.69. The molecule has 24 heavy (non-hydrogen) atoms. The lowest BCUT2D eigenvalue weighted by Gasteiger charge is -2.10. The third kappa shape index (κ3) is 5.14. The lowest BCUT2D eigenvalue weighted by atomic mass is 10.2. The van der Waals surface area contributed by atoms with Crippen LogP contribution in [-0.2, 0) is 10.0 Å². The zero-order chi connectivity index (χ0) is 17.7. The summed E-state index contributed by atoms with van der Waals surface area (Å²) >= 11 is 6.01. The summed E-state index contributed by atoms with van der Waals surface area (Å²) in [5, 5.41) is 5.90. The van der Waals surface area contributed by atoms with Gasteiger partial charge in [0.15, 0.2) is 0 Å². The van der Waals surface area contributed by atoms with Crippen molar-refractivity contribution < 1.29 is 13.2 Å². The molecule has 128 valence electrons. The van der Waals surface area contributed by atoms with Crippen LogP contribution in [0.2, 0.25) is 5.02 Å². The number of urea groups is 1. The Hall–Kier alpha value is -2.25. The Morgan fingerprint density at radius 3 is 2.12 bits per heavy atom. The molecule has 2 amide bonds. The molecule has 2 aromatic carbocycles. The van der Waals surface area contributed by atoms with Crippen LogP contribution in [0.5, 0.6) is 0 Å². The molecule has 2 aromatic rings. The van der Waals surface area contributed by atoms with Crippen LogP contribution in [0.1, 0.15) is 12.5 Å². The number of carbonyl (C=O) groups excluding carboxylic acids is 1. The Labute approximate surface area is 146 Å². The van der Waals surface area contributed by atoms with Gasteiger partial charge >= 0.3 is 6.03 Å². The highest BCUT2D eigenvalue weighted by atomic mass is 35.5. The molecule has 0 saturated carbocycles. The van der Waals surface area contributed by atoms with Crippen LogP contribution >= 0.6 is 11.6 Å². The van der Waals surface area contributed by atoms with Crippen molar-refractivity contribution in [2.24, 2.45) is 0 Å². The average Bonchev–Trinajstić information content (AvgIpc) is 2.52. The first-order valence-electron chi connectivity index (χ1n) is 7.24. The van der Waals surface area contributed by atoms with Gasteiger partial charge in [0.05, 0.1) is 5.75 Å². The van der Waals surface area contributed by atoms with Crippen LogP contribution in [-0.4, -0.2) is 20.2 Å². The van der Waals surface area contributed by atoms with Gasteiger partial charge in [0.2, 0.25) is 10.0 Å². The number of hydrogen-bond acceptors (Lipinski definition) is 3. The fourth-order valence-corrected chi connectivity index (χ4v) is 2.66. The number of nitrogens with one attached hydrogen (secondary N) is 3. The number of carbonyl (C=O) groups is 1. The predicted octanol–water partition coefficient (Wildman–Crippen LogP) is 4.05. The average molecular weight is 368 g/mol. The van der Waals surface area contributed by atoms with Gasteiger partial charge in [-0.3, -0.25) is 4.72 Å². The van der Waals surface area contributed by atoms with Gasteiger partial charge in [-0.2, -0.15) is 0 Å². The molecule has 0 aliphatic carbocycles. The van der Waals surface area contributed by atoms with Gasteiger partial charge < -0.3 is 10.6 Å². The van der Waals surface area contributed by atoms with Crippen LogP contribution in [0.4, 0.5) is 21.9 Å². The number of sulfonamides is 1. The van der Waals surface area contributed by atoms with Crippen molar-refractivity contribution in [1.82, 2.24) is 0 Å². The molecule has 0 saturated heterocycles. The van der Waals surface area contributed by atoms with Crippen LogP contribution in [0.15, 0.2) is 42.5 Å². The maximum atomic E-state index is 12.0. The van der Waals surface area contributed by atoms with Gasteiger partial charge in [-0.15, -0.1) is 0 Å². The van der Waals surface area contributed by atoms with Crippen molar-refractivity contribution in [1.29, 1.82) is 0 Å². The normalized spacial score (nSPS) is 11.0. The lowest BCUT2D eigenvalue weighted by molar-refractivity contribution is 0.262. The van der Waals surface area contributed by atoms with E-state index in [-0.39, 0.29) is 5.75 Å². The first-order chi connectivity index (χ1) is 11.3. The number of anilines is 3. The van der Waals surface area contributed by atoms with E-state index < -0.39 is 16.1 Å². The molecule has 6 nitrogen and oxygen atoms in total. The van der Waals surface area contributed by atoms with Gasteiger partial charge in [-0.05, 0) is 55.8 Å². The van der Waals surface area contributed by atoms with Crippen LogP contribution in [0, 0.1) is 6.92 Å². The van der Waals surface area contributed by atoms with Gasteiger partial charge in [0, 0.05) is 22.1 Å². The SMILES string of the molecule is CCS(=O)(=O)Nc1ccc(NC(=O)Nc2ccc(C)c(Cl)c2)cc1. The molecule has 2 rings (SSSR count). The van der Waals surface area contributed by atoms with Crippen molar-refractivity contribution in [2.75, 3.05) is 21.1 Å². The summed E-state index contributed by atoms with van der Waals surface area (Å²) in [4.78, 5) is 12.0.